The van der Waals surface area contributed by atoms with Gasteiger partial charge >= 0.3 is 0 Å². The summed E-state index contributed by atoms with van der Waals surface area (Å²) in [5.41, 5.74) is 7.95. The zero-order chi connectivity index (χ0) is 22.7. The molecule has 1 atom stereocenters. The Balaban J connectivity index is 0.00000106. The van der Waals surface area contributed by atoms with Crippen molar-refractivity contribution in [2.45, 2.75) is 57.9 Å². The van der Waals surface area contributed by atoms with Crippen LogP contribution in [0, 0.1) is 11.3 Å². The van der Waals surface area contributed by atoms with Crippen molar-refractivity contribution in [3.8, 4) is 0 Å². The topological polar surface area (TPSA) is 111 Å². The van der Waals surface area contributed by atoms with E-state index in [9.17, 15) is 9.59 Å². The molecule has 9 heteroatoms. The third-order valence-corrected chi connectivity index (χ3v) is 6.74. The van der Waals surface area contributed by atoms with Crippen molar-refractivity contribution in [1.82, 2.24) is 10.2 Å². The molecule has 168 valence electrons. The van der Waals surface area contributed by atoms with Gasteiger partial charge in [0.2, 0.25) is 5.91 Å². The smallest absolute Gasteiger partial charge is 0.254 e. The molecule has 1 fully saturated rings. The van der Waals surface area contributed by atoms with E-state index in [1.165, 1.54) is 11.9 Å². The number of nitrogens with one attached hydrogen (secondary N) is 3. The Bertz CT molecular complexity index is 718. The van der Waals surface area contributed by atoms with Gasteiger partial charge in [0, 0.05) is 30.4 Å². The summed E-state index contributed by atoms with van der Waals surface area (Å²) in [4.78, 5) is 28.4. The lowest BCUT2D eigenvalue weighted by molar-refractivity contribution is -0.117. The summed E-state index contributed by atoms with van der Waals surface area (Å²) in [5, 5.41) is 12.3. The molecular formula is C21H35N5O2S2. The SMILES string of the molecule is C=N.CCCCNC(=O)c1c(NC(=O)C2CC2)sc2c1CC(N(C)C=S)CC2.CN. The Morgan fingerprint density at radius 1 is 1.33 bits per heavy atom. The van der Waals surface area contributed by atoms with Crippen LogP contribution in [0.3, 0.4) is 0 Å². The van der Waals surface area contributed by atoms with Crippen molar-refractivity contribution in [2.75, 3.05) is 26.0 Å². The molecule has 0 spiro atoms. The molecule has 1 aromatic rings. The van der Waals surface area contributed by atoms with E-state index in [1.54, 1.807) is 16.8 Å². The summed E-state index contributed by atoms with van der Waals surface area (Å²) < 4.78 is 0. The van der Waals surface area contributed by atoms with Crippen LogP contribution in [0.1, 0.15) is 59.8 Å². The quantitative estimate of drug-likeness (QED) is 0.274. The van der Waals surface area contributed by atoms with Gasteiger partial charge in [-0.1, -0.05) is 25.6 Å². The van der Waals surface area contributed by atoms with Crippen LogP contribution in [0.2, 0.25) is 0 Å². The maximum absolute atomic E-state index is 12.9. The van der Waals surface area contributed by atoms with Crippen LogP contribution < -0.4 is 16.4 Å². The highest BCUT2D eigenvalue weighted by atomic mass is 32.1. The molecule has 5 N–H and O–H groups in total. The molecule has 2 amide bonds. The summed E-state index contributed by atoms with van der Waals surface area (Å²) in [6.45, 7) is 5.27. The summed E-state index contributed by atoms with van der Waals surface area (Å²) in [7, 11) is 3.49. The van der Waals surface area contributed by atoms with Crippen LogP contribution in [0.5, 0.6) is 0 Å². The number of thiophene rings is 1. The van der Waals surface area contributed by atoms with Crippen molar-refractivity contribution in [2.24, 2.45) is 11.7 Å². The van der Waals surface area contributed by atoms with Crippen LogP contribution in [-0.2, 0) is 17.6 Å². The summed E-state index contributed by atoms with van der Waals surface area (Å²) in [6, 6.07) is 0.309. The fourth-order valence-electron chi connectivity index (χ4n) is 3.35. The number of amides is 2. The molecule has 0 saturated heterocycles. The van der Waals surface area contributed by atoms with E-state index < -0.39 is 0 Å². The van der Waals surface area contributed by atoms with Gasteiger partial charge in [0.05, 0.1) is 11.1 Å². The maximum atomic E-state index is 12.9. The summed E-state index contributed by atoms with van der Waals surface area (Å²) >= 11 is 6.65. The molecule has 2 aliphatic carbocycles. The highest BCUT2D eigenvalue weighted by molar-refractivity contribution is 7.78. The van der Waals surface area contributed by atoms with E-state index in [4.69, 9.17) is 17.6 Å². The van der Waals surface area contributed by atoms with Gasteiger partial charge in [-0.05, 0) is 57.9 Å². The molecule has 1 heterocycles. The second-order valence-corrected chi connectivity index (χ2v) is 8.56. The van der Waals surface area contributed by atoms with E-state index in [1.807, 2.05) is 7.05 Å². The molecule has 1 saturated carbocycles. The zero-order valence-corrected chi connectivity index (χ0v) is 19.9. The van der Waals surface area contributed by atoms with Crippen molar-refractivity contribution < 1.29 is 9.59 Å². The van der Waals surface area contributed by atoms with Crippen LogP contribution in [0.4, 0.5) is 5.00 Å². The summed E-state index contributed by atoms with van der Waals surface area (Å²) in [5.74, 6) is 0.116. The van der Waals surface area contributed by atoms with Gasteiger partial charge in [-0.25, -0.2) is 0 Å². The lowest BCUT2D eigenvalue weighted by Gasteiger charge is -2.29. The normalized spacial score (nSPS) is 16.6. The van der Waals surface area contributed by atoms with Crippen LogP contribution in [-0.4, -0.2) is 55.6 Å². The Kier molecular flexibility index (Phi) is 11.8. The minimum absolute atomic E-state index is 0.0544. The predicted molar refractivity (Wildman–Crippen MR) is 130 cm³/mol. The molecule has 0 aromatic carbocycles. The number of unbranched alkanes of at least 4 members (excludes halogenated alkanes) is 1. The van der Waals surface area contributed by atoms with E-state index >= 15 is 0 Å². The molecule has 0 radical (unpaired) electrons. The first-order valence-electron chi connectivity index (χ1n) is 10.4. The molecule has 30 heavy (non-hydrogen) atoms. The van der Waals surface area contributed by atoms with E-state index in [0.29, 0.717) is 18.2 Å². The fraction of sp³-hybridized carbons (Fsp3) is 0.619. The lowest BCUT2D eigenvalue weighted by atomic mass is 9.90. The fourth-order valence-corrected chi connectivity index (χ4v) is 4.77. The lowest BCUT2D eigenvalue weighted by Crippen LogP contribution is -2.35. The van der Waals surface area contributed by atoms with Gasteiger partial charge in [0.15, 0.2) is 0 Å². The number of hydrogen-bond donors (Lipinski definition) is 4. The number of carbonyl (C=O) groups excluding carboxylic acids is 2. The number of aryl methyl sites for hydroxylation is 1. The van der Waals surface area contributed by atoms with Gasteiger partial charge < -0.3 is 26.7 Å². The van der Waals surface area contributed by atoms with Crippen molar-refractivity contribution >= 4 is 52.6 Å². The average Bonchev–Trinajstić information content (AvgIpc) is 3.57. The number of likely N-dealkylation sites (N-methyl/N-ethyl adjacent to an activating group) is 1. The molecule has 7 nitrogen and oxygen atoms in total. The van der Waals surface area contributed by atoms with Crippen molar-refractivity contribution in [3.63, 3.8) is 0 Å². The molecule has 3 rings (SSSR count). The number of hydrogen-bond acceptors (Lipinski definition) is 6. The maximum Gasteiger partial charge on any atom is 0.254 e. The molecule has 1 aromatic heterocycles. The Morgan fingerprint density at radius 3 is 2.57 bits per heavy atom. The van der Waals surface area contributed by atoms with Gasteiger partial charge in [-0.3, -0.25) is 9.59 Å². The van der Waals surface area contributed by atoms with Crippen molar-refractivity contribution in [1.29, 1.82) is 5.41 Å². The predicted octanol–water partition coefficient (Wildman–Crippen LogP) is 3.21. The number of nitrogens with zero attached hydrogens (tertiary/aromatic N) is 1. The summed E-state index contributed by atoms with van der Waals surface area (Å²) in [6.07, 6.45) is 6.64. The van der Waals surface area contributed by atoms with Crippen LogP contribution in [0.25, 0.3) is 0 Å². The second kappa shape index (κ2) is 13.5. The first-order valence-corrected chi connectivity index (χ1v) is 11.7. The molecule has 2 aliphatic rings. The Morgan fingerprint density at radius 2 is 2.00 bits per heavy atom. The minimum atomic E-state index is -0.0623. The highest BCUT2D eigenvalue weighted by Crippen LogP contribution is 2.40. The molecule has 1 unspecified atom stereocenters. The number of anilines is 1. The number of carbonyl (C=O) groups is 2. The third-order valence-electron chi connectivity index (χ3n) is 5.21. The Hall–Kier alpha value is -1.84. The average molecular weight is 454 g/mol. The van der Waals surface area contributed by atoms with E-state index in [0.717, 1.165) is 55.5 Å². The van der Waals surface area contributed by atoms with E-state index in [2.05, 4.69) is 34.9 Å². The largest absolute Gasteiger partial charge is 0.368 e. The van der Waals surface area contributed by atoms with Gasteiger partial charge in [-0.15, -0.1) is 11.3 Å². The first-order chi connectivity index (χ1) is 14.5. The molecule has 0 aliphatic heterocycles. The van der Waals surface area contributed by atoms with Crippen LogP contribution >= 0.6 is 23.6 Å². The van der Waals surface area contributed by atoms with Gasteiger partial charge in [0.25, 0.3) is 5.91 Å². The third kappa shape index (κ3) is 6.85. The van der Waals surface area contributed by atoms with E-state index in [-0.39, 0.29) is 17.7 Å². The van der Waals surface area contributed by atoms with Crippen LogP contribution in [0.15, 0.2) is 0 Å². The highest BCUT2D eigenvalue weighted by Gasteiger charge is 2.34. The first kappa shape index (κ1) is 26.2. The number of thiocarbonyl (C=S) groups is 1. The molecule has 0 bridgehead atoms. The standard InChI is InChI=1S/C19H27N3O2S2.CH5N.CH3N/c1-3-4-9-20-18(24)16-14-10-13(22(2)11-25)7-8-15(14)26-19(16)21-17(23)12-5-6-12;2*1-2/h11-13H,3-10H2,1-2H3,(H,20,24)(H,21,23);2H2,1H3;2H,1H2. The Labute approximate surface area is 189 Å². The number of rotatable bonds is 8. The van der Waals surface area contributed by atoms with Gasteiger partial charge in [-0.2, -0.15) is 0 Å². The second-order valence-electron chi connectivity index (χ2n) is 7.25. The zero-order valence-electron chi connectivity index (χ0n) is 18.3. The monoisotopic (exact) mass is 453 g/mol. The minimum Gasteiger partial charge on any atom is -0.368 e. The number of fused-ring (bicyclic) bond motifs is 1. The van der Waals surface area contributed by atoms with Gasteiger partial charge in [0.1, 0.15) is 5.00 Å². The number of nitrogens with two attached hydrogens (primary N) is 1. The van der Waals surface area contributed by atoms with Crippen molar-refractivity contribution in [3.05, 3.63) is 16.0 Å². The molecular weight excluding hydrogens is 418 g/mol.